The zero-order chi connectivity index (χ0) is 9.07. The molecule has 11 heavy (non-hydrogen) atoms. The predicted molar refractivity (Wildman–Crippen MR) is 42.3 cm³/mol. The molecule has 0 fully saturated rings. The fraction of sp³-hybridized carbons (Fsp3) is 0.833. The lowest BCUT2D eigenvalue weighted by molar-refractivity contribution is -0.136. The minimum Gasteiger partial charge on any atom is -0.481 e. The van der Waals surface area contributed by atoms with Gasteiger partial charge >= 0.3 is 5.97 Å². The zero-order valence-electron chi connectivity index (χ0n) is 6.90. The number of aliphatic carboxylic acids is 1. The lowest BCUT2D eigenvalue weighted by Gasteiger charge is -2.15. The van der Waals surface area contributed by atoms with Crippen LogP contribution < -0.4 is 0 Å². The van der Waals surface area contributed by atoms with Gasteiger partial charge in [0.1, 0.15) is 5.66 Å². The summed E-state index contributed by atoms with van der Waals surface area (Å²) in [7, 11) is -2.94. The lowest BCUT2D eigenvalue weighted by Crippen LogP contribution is -2.17. The van der Waals surface area contributed by atoms with E-state index in [1.165, 1.54) is 13.6 Å². The number of carboxylic acids is 1. The number of carbonyl (C=O) groups is 1. The molecule has 0 saturated carbocycles. The third-order valence-corrected chi connectivity index (χ3v) is 3.85. The van der Waals surface area contributed by atoms with Crippen LogP contribution in [0.3, 0.4) is 0 Å². The van der Waals surface area contributed by atoms with Crippen molar-refractivity contribution in [3.63, 3.8) is 0 Å². The van der Waals surface area contributed by atoms with Gasteiger partial charge in [-0.15, -0.1) is 0 Å². The van der Waals surface area contributed by atoms with E-state index >= 15 is 0 Å². The van der Waals surface area contributed by atoms with E-state index in [0.717, 1.165) is 0 Å². The van der Waals surface area contributed by atoms with Crippen LogP contribution in [0.15, 0.2) is 0 Å². The first-order valence-corrected chi connectivity index (χ1v) is 5.50. The Balaban J connectivity index is 4.30. The number of hydrogen-bond donors (Lipinski definition) is 1. The van der Waals surface area contributed by atoms with Crippen molar-refractivity contribution in [3.05, 3.63) is 0 Å². The van der Waals surface area contributed by atoms with Crippen molar-refractivity contribution >= 4 is 13.3 Å². The van der Waals surface area contributed by atoms with Crippen molar-refractivity contribution in [1.82, 2.24) is 0 Å². The summed E-state index contributed by atoms with van der Waals surface area (Å²) in [5, 5.41) is 8.49. The van der Waals surface area contributed by atoms with E-state index in [4.69, 9.17) is 9.63 Å². The van der Waals surface area contributed by atoms with Gasteiger partial charge in [-0.05, 0) is 13.8 Å². The lowest BCUT2D eigenvalue weighted by atomic mass is 10.5. The molecule has 0 aliphatic carbocycles. The summed E-state index contributed by atoms with van der Waals surface area (Å²) in [6.07, 6.45) is 0. The van der Waals surface area contributed by atoms with Gasteiger partial charge in [-0.2, -0.15) is 0 Å². The second kappa shape index (κ2) is 3.88. The number of hydrogen-bond acceptors (Lipinski definition) is 3. The normalized spacial score (nSPS) is 18.8. The molecule has 5 heteroatoms. The Bertz CT molecular complexity index is 189. The van der Waals surface area contributed by atoms with Gasteiger partial charge in [-0.3, -0.25) is 9.36 Å². The summed E-state index contributed by atoms with van der Waals surface area (Å²) in [6.45, 7) is 4.70. The summed E-state index contributed by atoms with van der Waals surface area (Å²) in [6, 6.07) is 0. The van der Waals surface area contributed by atoms with Crippen LogP contribution in [0.2, 0.25) is 0 Å². The molecule has 0 bridgehead atoms. The van der Waals surface area contributed by atoms with Crippen molar-refractivity contribution in [2.24, 2.45) is 0 Å². The summed E-state index contributed by atoms with van der Waals surface area (Å²) < 4.78 is 16.2. The minimum atomic E-state index is -2.94. The summed E-state index contributed by atoms with van der Waals surface area (Å²) in [5.41, 5.74) is -0.914. The van der Waals surface area contributed by atoms with Crippen molar-refractivity contribution in [2.45, 2.75) is 19.5 Å². The fourth-order valence-electron chi connectivity index (χ4n) is 0.569. The van der Waals surface area contributed by atoms with E-state index in [2.05, 4.69) is 0 Å². The number of rotatable bonds is 4. The van der Waals surface area contributed by atoms with E-state index in [1.54, 1.807) is 6.92 Å². The average Bonchev–Trinajstić information content (AvgIpc) is 1.86. The molecule has 0 aliphatic rings. The Kier molecular flexibility index (Phi) is 3.76. The van der Waals surface area contributed by atoms with Crippen molar-refractivity contribution in [2.75, 3.05) is 13.3 Å². The molecule has 0 amide bonds. The van der Waals surface area contributed by atoms with Crippen LogP contribution in [0.25, 0.3) is 0 Å². The highest BCUT2D eigenvalue weighted by Gasteiger charge is 2.30. The Morgan fingerprint density at radius 1 is 1.73 bits per heavy atom. The Morgan fingerprint density at radius 3 is 2.45 bits per heavy atom. The summed E-state index contributed by atoms with van der Waals surface area (Å²) in [5.74, 6) is -1.08. The van der Waals surface area contributed by atoms with E-state index < -0.39 is 19.0 Å². The topological polar surface area (TPSA) is 63.6 Å². The molecule has 2 atom stereocenters. The van der Waals surface area contributed by atoms with Crippen LogP contribution in [0.5, 0.6) is 0 Å². The maximum atomic E-state index is 11.4. The molecule has 0 heterocycles. The van der Waals surface area contributed by atoms with Crippen LogP contribution in [0.1, 0.15) is 13.8 Å². The third kappa shape index (κ3) is 3.04. The molecule has 1 N–H and O–H groups in total. The molecule has 0 saturated heterocycles. The Labute approximate surface area is 66.0 Å². The molecule has 0 radical (unpaired) electrons. The van der Waals surface area contributed by atoms with Gasteiger partial charge < -0.3 is 9.63 Å². The zero-order valence-corrected chi connectivity index (χ0v) is 7.80. The molecule has 0 rings (SSSR count). The largest absolute Gasteiger partial charge is 0.481 e. The van der Waals surface area contributed by atoms with Gasteiger partial charge in [0.25, 0.3) is 0 Å². The fourth-order valence-corrected chi connectivity index (χ4v) is 1.71. The second-order valence-electron chi connectivity index (χ2n) is 2.34. The first-order valence-electron chi connectivity index (χ1n) is 3.36. The van der Waals surface area contributed by atoms with Gasteiger partial charge in [0.2, 0.25) is 7.37 Å². The molecule has 0 aromatic carbocycles. The van der Waals surface area contributed by atoms with E-state index in [9.17, 15) is 9.36 Å². The monoisotopic (exact) mass is 180 g/mol. The van der Waals surface area contributed by atoms with E-state index in [-0.39, 0.29) is 6.61 Å². The smallest absolute Gasteiger partial charge is 0.316 e. The molecular formula is C6H13O4P. The Hall–Kier alpha value is -0.340. The molecular weight excluding hydrogens is 167 g/mol. The van der Waals surface area contributed by atoms with Gasteiger partial charge in [-0.1, -0.05) is 0 Å². The first-order chi connectivity index (χ1) is 4.91. The SMILES string of the molecule is CCOP(C)(=O)C(C)C(=O)O. The molecule has 66 valence electrons. The standard InChI is InChI=1S/C6H13O4P/c1-4-10-11(3,9)5(2)6(7)8/h5H,4H2,1-3H3,(H,7,8). The number of carboxylic acid groups (broad SMARTS) is 1. The highest BCUT2D eigenvalue weighted by Crippen LogP contribution is 2.47. The van der Waals surface area contributed by atoms with Crippen LogP contribution in [0, 0.1) is 0 Å². The predicted octanol–water partition coefficient (Wildman–Crippen LogP) is 1.40. The maximum Gasteiger partial charge on any atom is 0.316 e. The van der Waals surface area contributed by atoms with Gasteiger partial charge in [0.05, 0.1) is 6.61 Å². The molecule has 4 nitrogen and oxygen atoms in total. The van der Waals surface area contributed by atoms with Gasteiger partial charge in [-0.25, -0.2) is 0 Å². The third-order valence-electron chi connectivity index (χ3n) is 1.45. The van der Waals surface area contributed by atoms with Crippen LogP contribution in [-0.2, 0) is 13.9 Å². The van der Waals surface area contributed by atoms with Crippen molar-refractivity contribution in [1.29, 1.82) is 0 Å². The van der Waals surface area contributed by atoms with Gasteiger partial charge in [0, 0.05) is 6.66 Å². The Morgan fingerprint density at radius 2 is 2.18 bits per heavy atom. The quantitative estimate of drug-likeness (QED) is 0.664. The van der Waals surface area contributed by atoms with E-state index in [0.29, 0.717) is 0 Å². The molecule has 0 spiro atoms. The molecule has 0 aromatic rings. The van der Waals surface area contributed by atoms with Crippen LogP contribution in [-0.4, -0.2) is 30.0 Å². The maximum absolute atomic E-state index is 11.4. The van der Waals surface area contributed by atoms with E-state index in [1.807, 2.05) is 0 Å². The summed E-state index contributed by atoms with van der Waals surface area (Å²) >= 11 is 0. The highest BCUT2D eigenvalue weighted by atomic mass is 31.2. The van der Waals surface area contributed by atoms with Crippen molar-refractivity contribution in [3.8, 4) is 0 Å². The molecule has 0 aliphatic heterocycles. The minimum absolute atomic E-state index is 0.283. The average molecular weight is 180 g/mol. The van der Waals surface area contributed by atoms with Gasteiger partial charge in [0.15, 0.2) is 0 Å². The van der Waals surface area contributed by atoms with Crippen molar-refractivity contribution < 1.29 is 19.0 Å². The summed E-state index contributed by atoms with van der Waals surface area (Å²) in [4.78, 5) is 10.4. The van der Waals surface area contributed by atoms with Crippen LogP contribution in [0.4, 0.5) is 0 Å². The molecule has 0 aromatic heterocycles. The second-order valence-corrected chi connectivity index (χ2v) is 5.19. The van der Waals surface area contributed by atoms with Crippen LogP contribution >= 0.6 is 7.37 Å². The molecule has 2 unspecified atom stereocenters. The first kappa shape index (κ1) is 10.7. The highest BCUT2D eigenvalue weighted by molar-refractivity contribution is 7.59.